The minimum absolute atomic E-state index is 0.0375. The van der Waals surface area contributed by atoms with Gasteiger partial charge in [-0.1, -0.05) is 72.7 Å². The molecular formula is C31H47N3O4S. The van der Waals surface area contributed by atoms with Crippen molar-refractivity contribution in [1.29, 1.82) is 0 Å². The molecule has 3 atom stereocenters. The van der Waals surface area contributed by atoms with Crippen LogP contribution in [-0.4, -0.2) is 61.5 Å². The third-order valence-electron chi connectivity index (χ3n) is 7.34. The number of ether oxygens (including phenoxy) is 1. The Kier molecular flexibility index (Phi) is 10.9. The van der Waals surface area contributed by atoms with Crippen LogP contribution in [0.15, 0.2) is 41.3 Å². The predicted octanol–water partition coefficient (Wildman–Crippen LogP) is 5.29. The zero-order valence-electron chi connectivity index (χ0n) is 25.5. The molecule has 1 aromatic heterocycles. The number of carbonyl (C=O) groups is 3. The van der Waals surface area contributed by atoms with E-state index in [1.54, 1.807) is 50.3 Å². The van der Waals surface area contributed by atoms with Crippen molar-refractivity contribution < 1.29 is 19.1 Å². The number of carbonyl (C=O) groups excluding carboxylic acids is 3. The second kappa shape index (κ2) is 13.1. The van der Waals surface area contributed by atoms with Crippen LogP contribution >= 0.6 is 11.3 Å². The Bertz CT molecular complexity index is 1190. The molecule has 0 aliphatic heterocycles. The number of esters is 1. The van der Waals surface area contributed by atoms with Crippen molar-refractivity contribution in [1.82, 2.24) is 15.5 Å². The number of rotatable bonds is 11. The Morgan fingerprint density at radius 3 is 2.23 bits per heavy atom. The van der Waals surface area contributed by atoms with Gasteiger partial charge in [-0.3, -0.25) is 9.59 Å². The average molecular weight is 558 g/mol. The number of benzene rings is 1. The molecule has 0 radical (unpaired) electrons. The topological polar surface area (TPSA) is 87.7 Å². The van der Waals surface area contributed by atoms with E-state index in [1.807, 2.05) is 46.8 Å². The molecule has 216 valence electrons. The molecule has 1 heterocycles. The van der Waals surface area contributed by atoms with Crippen LogP contribution in [0.3, 0.4) is 0 Å². The van der Waals surface area contributed by atoms with E-state index in [0.29, 0.717) is 5.57 Å². The molecule has 0 saturated heterocycles. The summed E-state index contributed by atoms with van der Waals surface area (Å²) < 4.78 is 6.31. The van der Waals surface area contributed by atoms with Gasteiger partial charge in [-0.25, -0.2) is 4.79 Å². The van der Waals surface area contributed by atoms with Gasteiger partial charge < -0.3 is 20.3 Å². The average Bonchev–Trinajstić information content (AvgIpc) is 3.29. The highest BCUT2D eigenvalue weighted by Crippen LogP contribution is 2.37. The highest BCUT2D eigenvalue weighted by atomic mass is 32.1. The summed E-state index contributed by atoms with van der Waals surface area (Å²) in [5.74, 6) is -0.810. The van der Waals surface area contributed by atoms with Gasteiger partial charge in [0.2, 0.25) is 11.8 Å². The van der Waals surface area contributed by atoms with Crippen molar-refractivity contribution in [3.8, 4) is 0 Å². The van der Waals surface area contributed by atoms with Crippen LogP contribution in [0.5, 0.6) is 0 Å². The Morgan fingerprint density at radius 1 is 1.08 bits per heavy atom. The first-order valence-electron chi connectivity index (χ1n) is 13.6. The Balaban J connectivity index is 2.38. The lowest BCUT2D eigenvalue weighted by Gasteiger charge is -2.39. The molecule has 2 rings (SSSR count). The molecule has 2 N–H and O–H groups in total. The molecule has 0 spiro atoms. The number of nitrogens with zero attached hydrogens (tertiary/aromatic N) is 1. The smallest absolute Gasteiger partial charge is 0.333 e. The van der Waals surface area contributed by atoms with E-state index < -0.39 is 28.9 Å². The summed E-state index contributed by atoms with van der Waals surface area (Å²) in [6.45, 7) is 17.7. The van der Waals surface area contributed by atoms with Gasteiger partial charge in [0.15, 0.2) is 0 Å². The van der Waals surface area contributed by atoms with E-state index in [1.165, 1.54) is 4.70 Å². The van der Waals surface area contributed by atoms with Crippen LogP contribution in [0.1, 0.15) is 67.9 Å². The summed E-state index contributed by atoms with van der Waals surface area (Å²) in [6.07, 6.45) is 1.78. The second-order valence-electron chi connectivity index (χ2n) is 12.2. The lowest BCUT2D eigenvalue weighted by atomic mass is 9.76. The first-order valence-corrected chi connectivity index (χ1v) is 14.5. The zero-order chi connectivity index (χ0) is 29.7. The second-order valence-corrected chi connectivity index (χ2v) is 13.1. The first-order chi connectivity index (χ1) is 18.1. The van der Waals surface area contributed by atoms with Gasteiger partial charge in [0.05, 0.1) is 18.7 Å². The van der Waals surface area contributed by atoms with Crippen LogP contribution < -0.4 is 10.6 Å². The summed E-state index contributed by atoms with van der Waals surface area (Å²) >= 11 is 1.66. The molecule has 0 aliphatic rings. The van der Waals surface area contributed by atoms with E-state index in [4.69, 9.17) is 4.74 Å². The predicted molar refractivity (Wildman–Crippen MR) is 161 cm³/mol. The molecule has 39 heavy (non-hydrogen) atoms. The maximum Gasteiger partial charge on any atom is 0.333 e. The molecule has 1 unspecified atom stereocenters. The largest absolute Gasteiger partial charge is 0.463 e. The summed E-state index contributed by atoms with van der Waals surface area (Å²) in [5, 5.41) is 9.56. The van der Waals surface area contributed by atoms with Gasteiger partial charge >= 0.3 is 5.97 Å². The number of nitrogens with one attached hydrogen (secondary N) is 2. The van der Waals surface area contributed by atoms with Gasteiger partial charge in [0.25, 0.3) is 0 Å². The molecule has 2 aromatic rings. The normalized spacial score (nSPS) is 15.1. The first kappa shape index (κ1) is 32.5. The highest BCUT2D eigenvalue weighted by Gasteiger charge is 2.42. The van der Waals surface area contributed by atoms with Crippen molar-refractivity contribution in [2.75, 3.05) is 20.7 Å². The van der Waals surface area contributed by atoms with Gasteiger partial charge in [0, 0.05) is 22.7 Å². The lowest BCUT2D eigenvalue weighted by Crippen LogP contribution is -2.61. The van der Waals surface area contributed by atoms with E-state index >= 15 is 0 Å². The van der Waals surface area contributed by atoms with Crippen molar-refractivity contribution >= 4 is 39.2 Å². The third kappa shape index (κ3) is 7.48. The Labute approximate surface area is 238 Å². The highest BCUT2D eigenvalue weighted by molar-refractivity contribution is 7.17. The monoisotopic (exact) mass is 557 g/mol. The van der Waals surface area contributed by atoms with Gasteiger partial charge in [-0.2, -0.15) is 0 Å². The van der Waals surface area contributed by atoms with Crippen LogP contribution in [0.4, 0.5) is 0 Å². The molecule has 1 aromatic carbocycles. The Hall–Kier alpha value is -2.71. The van der Waals surface area contributed by atoms with Crippen molar-refractivity contribution in [2.24, 2.45) is 11.3 Å². The molecule has 2 amide bonds. The Morgan fingerprint density at radius 2 is 1.69 bits per heavy atom. The van der Waals surface area contributed by atoms with Crippen LogP contribution in [-0.2, 0) is 24.5 Å². The zero-order valence-corrected chi connectivity index (χ0v) is 26.3. The van der Waals surface area contributed by atoms with E-state index in [2.05, 4.69) is 42.0 Å². The van der Waals surface area contributed by atoms with Crippen molar-refractivity contribution in [3.05, 3.63) is 46.9 Å². The summed E-state index contributed by atoms with van der Waals surface area (Å²) in [5.41, 5.74) is 0.440. The number of fused-ring (bicyclic) bond motifs is 1. The molecule has 0 bridgehead atoms. The lowest BCUT2D eigenvalue weighted by molar-refractivity contribution is -0.141. The number of likely N-dealkylation sites (N-methyl/N-ethyl adjacent to an activating group) is 2. The van der Waals surface area contributed by atoms with Crippen molar-refractivity contribution in [3.63, 3.8) is 0 Å². The standard InChI is InChI=1S/C31H47N3O4S/c1-12-38-29(37)20(4)17-23(19(2)3)34(11)28(36)26(30(5,6)7)33-27(35)25(32-10)31(8,9)22-18-39-24-16-14-13-15-21(22)24/h13-19,23,25-26,32H,12H2,1-11H3,(H,33,35)/t23-,25?,26-/m1/s1. The number of hydrogen-bond donors (Lipinski definition) is 2. The van der Waals surface area contributed by atoms with Crippen LogP contribution in [0, 0.1) is 11.3 Å². The van der Waals surface area contributed by atoms with E-state index in [0.717, 1.165) is 10.9 Å². The van der Waals surface area contributed by atoms with E-state index in [9.17, 15) is 14.4 Å². The summed E-state index contributed by atoms with van der Waals surface area (Å²) in [6, 6.07) is 6.49. The number of hydrogen-bond acceptors (Lipinski definition) is 6. The third-order valence-corrected chi connectivity index (χ3v) is 8.31. The molecule has 0 fully saturated rings. The minimum Gasteiger partial charge on any atom is -0.463 e. The molecule has 0 aliphatic carbocycles. The van der Waals surface area contributed by atoms with Crippen LogP contribution in [0.25, 0.3) is 10.1 Å². The van der Waals surface area contributed by atoms with Gasteiger partial charge in [-0.15, -0.1) is 11.3 Å². The van der Waals surface area contributed by atoms with Crippen molar-refractivity contribution in [2.45, 2.75) is 85.9 Å². The maximum absolute atomic E-state index is 14.0. The van der Waals surface area contributed by atoms with Crippen LogP contribution in [0.2, 0.25) is 0 Å². The SMILES string of the molecule is CCOC(=O)C(C)=C[C@H](C(C)C)N(C)C(=O)[C@@H](NC(=O)C(NC)C(C)(C)c1csc2ccccc12)C(C)(C)C. The minimum atomic E-state index is -0.779. The number of thiophene rings is 1. The quantitative estimate of drug-likeness (QED) is 0.290. The number of amides is 2. The molecular weight excluding hydrogens is 510 g/mol. The van der Waals surface area contributed by atoms with Gasteiger partial charge in [0.1, 0.15) is 6.04 Å². The van der Waals surface area contributed by atoms with Gasteiger partial charge in [-0.05, 0) is 54.6 Å². The summed E-state index contributed by atoms with van der Waals surface area (Å²) in [4.78, 5) is 41.7. The summed E-state index contributed by atoms with van der Waals surface area (Å²) in [7, 11) is 3.50. The fourth-order valence-electron chi connectivity index (χ4n) is 5.00. The molecule has 8 heteroatoms. The fourth-order valence-corrected chi connectivity index (χ4v) is 6.13. The molecule has 0 saturated carbocycles. The maximum atomic E-state index is 14.0. The fraction of sp³-hybridized carbons (Fsp3) is 0.581. The van der Waals surface area contributed by atoms with E-state index in [-0.39, 0.29) is 30.4 Å². The molecule has 7 nitrogen and oxygen atoms in total.